The van der Waals surface area contributed by atoms with E-state index in [1.807, 2.05) is 0 Å². The number of carboxylic acid groups (broad SMARTS) is 1. The number of carboxylic acids is 1. The number of ether oxygens (including phenoxy) is 1. The number of nitrogen functional groups attached to an aromatic ring is 1. The number of fused-ring (bicyclic) bond motifs is 1. The fourth-order valence-corrected chi connectivity index (χ4v) is 6.96. The van der Waals surface area contributed by atoms with Crippen LogP contribution < -0.4 is 16.4 Å². The van der Waals surface area contributed by atoms with Crippen LogP contribution in [0.15, 0.2) is 24.3 Å². The minimum absolute atomic E-state index is 0.0348. The average Bonchev–Trinajstić information content (AvgIpc) is 3.70. The number of carbonyl (C=O) groups excluding carboxylic acids is 3. The van der Waals surface area contributed by atoms with Gasteiger partial charge in [0.25, 0.3) is 0 Å². The molecule has 34 heteroatoms. The van der Waals surface area contributed by atoms with E-state index in [9.17, 15) is 62.7 Å². The first kappa shape index (κ1) is 52.0. The Morgan fingerprint density at radius 2 is 1.70 bits per heavy atom. The van der Waals surface area contributed by atoms with Crippen LogP contribution in [0.25, 0.3) is 11.2 Å². The molecule has 1 fully saturated rings. The molecule has 0 aliphatic carbocycles. The molecular formula is C27H42N7O23P3S. The van der Waals surface area contributed by atoms with E-state index in [0.29, 0.717) is 5.57 Å². The van der Waals surface area contributed by atoms with Crippen molar-refractivity contribution in [1.29, 1.82) is 0 Å². The highest BCUT2D eigenvalue weighted by Crippen LogP contribution is 2.50. The molecule has 0 saturated carbocycles. The van der Waals surface area contributed by atoms with Crippen molar-refractivity contribution in [2.24, 2.45) is 5.41 Å². The van der Waals surface area contributed by atoms with Gasteiger partial charge in [-0.05, 0) is 18.0 Å². The smallest absolute Gasteiger partial charge is 0.481 e. The van der Waals surface area contributed by atoms with Gasteiger partial charge in [-0.2, -0.15) is 0 Å². The number of phosphoric ester groups is 2. The molecule has 0 radical (unpaired) electrons. The summed E-state index contributed by atoms with van der Waals surface area (Å²) in [7, 11) is -16.1. The Kier molecular flexibility index (Phi) is 19.4. The highest BCUT2D eigenvalue weighted by Gasteiger charge is 2.49. The molecule has 2 amide bonds. The van der Waals surface area contributed by atoms with Crippen LogP contribution in [0.3, 0.4) is 0 Å². The summed E-state index contributed by atoms with van der Waals surface area (Å²) in [6.07, 6.45) is -5.73. The number of nitrogens with one attached hydrogen (secondary N) is 2. The van der Waals surface area contributed by atoms with E-state index in [4.69, 9.17) is 15.6 Å². The highest BCUT2D eigenvalue weighted by atomic mass is 32.2. The van der Waals surface area contributed by atoms with Crippen molar-refractivity contribution in [3.63, 3.8) is 0 Å². The average molecular weight is 958 g/mol. The topological polar surface area (TPSA) is 438 Å². The number of nitrogens with zero attached hydrogens (tertiary/aromatic N) is 4. The number of hydrogen-bond donors (Lipinski definition) is 10. The lowest BCUT2D eigenvalue weighted by Gasteiger charge is -2.29. The highest BCUT2D eigenvalue weighted by molar-refractivity contribution is 8.14. The van der Waals surface area contributed by atoms with Crippen LogP contribution in [0.1, 0.15) is 39.8 Å². The van der Waals surface area contributed by atoms with E-state index in [-0.39, 0.29) is 48.7 Å². The van der Waals surface area contributed by atoms with Crippen molar-refractivity contribution in [3.05, 3.63) is 24.3 Å². The second-order valence-electron chi connectivity index (χ2n) is 13.1. The summed E-state index contributed by atoms with van der Waals surface area (Å²) in [5, 5.41) is 42.2. The van der Waals surface area contributed by atoms with Gasteiger partial charge >= 0.3 is 29.4 Å². The molecule has 7 atom stereocenters. The van der Waals surface area contributed by atoms with E-state index < -0.39 is 95.6 Å². The van der Waals surface area contributed by atoms with E-state index in [1.165, 1.54) is 26.8 Å². The van der Waals surface area contributed by atoms with Gasteiger partial charge in [-0.25, -0.2) is 33.5 Å². The third kappa shape index (κ3) is 17.4. The Morgan fingerprint density at radius 1 is 1.03 bits per heavy atom. The Hall–Kier alpha value is -3.39. The van der Waals surface area contributed by atoms with Crippen LogP contribution in [-0.2, 0) is 75.6 Å². The molecule has 344 valence electrons. The molecule has 3 heterocycles. The fourth-order valence-electron chi connectivity index (χ4n) is 4.75. The van der Waals surface area contributed by atoms with Crippen LogP contribution in [0.5, 0.6) is 0 Å². The number of aliphatic hydroxyl groups excluding tert-OH is 2. The quantitative estimate of drug-likeness (QED) is 0.0174. The molecule has 11 N–H and O–H groups in total. The lowest BCUT2D eigenvalue weighted by molar-refractivity contribution is -0.494. The summed E-state index contributed by atoms with van der Waals surface area (Å²) >= 11 is 0.855. The molecule has 0 spiro atoms. The van der Waals surface area contributed by atoms with Gasteiger partial charge in [-0.1, -0.05) is 50.2 Å². The Bertz CT molecular complexity index is 2040. The number of carbonyl (C=O) groups is 4. The summed E-state index contributed by atoms with van der Waals surface area (Å²) in [4.78, 5) is 101. The van der Waals surface area contributed by atoms with Gasteiger partial charge < -0.3 is 51.1 Å². The van der Waals surface area contributed by atoms with Crippen LogP contribution >= 0.6 is 35.2 Å². The van der Waals surface area contributed by atoms with Crippen LogP contribution in [0.4, 0.5) is 5.82 Å². The van der Waals surface area contributed by atoms with Crippen molar-refractivity contribution in [2.45, 2.75) is 64.3 Å². The first-order valence-corrected chi connectivity index (χ1v) is 22.4. The molecule has 61 heavy (non-hydrogen) atoms. The molecule has 3 rings (SSSR count). The number of amides is 2. The standard InChI is InChI=1S/C27H42N7O23P3S/c1-14(8-17(36)37)9-18(38)61-7-6-29-16(35)4-5-30-25(41)22(40)27(2,3)11-50-59(45,46)56-54-57-60(47,48)55-53-49-10-15-21(52-58(42,43)44)20(39)26(51-15)34-13-33-19-23(28)31-12-32-24(19)34/h9,12-13,15,20-22,26,39-40H,4-8,10-11H2,1-3H3,(H,29,35)(H,30,41)(H,36,37)(H,45,46)(H,47,48)(H2,28,31,32)(H2,42,43,44)/b14-9+. The number of imidazole rings is 1. The number of aliphatic carboxylic acids is 1. The predicted octanol–water partition coefficient (Wildman–Crippen LogP) is -1.19. The molecule has 30 nitrogen and oxygen atoms in total. The van der Waals surface area contributed by atoms with Crippen molar-refractivity contribution < 1.29 is 111 Å². The summed E-state index contributed by atoms with van der Waals surface area (Å²) < 4.78 is 63.6. The fraction of sp³-hybridized carbons (Fsp3) is 0.593. The molecule has 1 aliphatic heterocycles. The Morgan fingerprint density at radius 3 is 2.38 bits per heavy atom. The molecule has 0 aromatic carbocycles. The van der Waals surface area contributed by atoms with Crippen molar-refractivity contribution >= 4 is 75.1 Å². The van der Waals surface area contributed by atoms with E-state index in [2.05, 4.69) is 63.6 Å². The molecule has 2 aromatic heterocycles. The van der Waals surface area contributed by atoms with Crippen molar-refractivity contribution in [2.75, 3.05) is 37.8 Å². The lowest BCUT2D eigenvalue weighted by atomic mass is 9.87. The van der Waals surface area contributed by atoms with Gasteiger partial charge in [-0.15, -0.1) is 0 Å². The van der Waals surface area contributed by atoms with Crippen molar-refractivity contribution in [3.8, 4) is 0 Å². The summed E-state index contributed by atoms with van der Waals surface area (Å²) in [5.41, 5.74) is 4.65. The van der Waals surface area contributed by atoms with Gasteiger partial charge in [0.2, 0.25) is 16.9 Å². The summed E-state index contributed by atoms with van der Waals surface area (Å²) in [6, 6.07) is 0. The van der Waals surface area contributed by atoms with Gasteiger partial charge in [0.05, 0.1) is 19.4 Å². The molecule has 1 saturated heterocycles. The zero-order valence-corrected chi connectivity index (χ0v) is 35.3. The monoisotopic (exact) mass is 957 g/mol. The Labute approximate surface area is 347 Å². The second kappa shape index (κ2) is 22.8. The van der Waals surface area contributed by atoms with Crippen LogP contribution in [0.2, 0.25) is 0 Å². The minimum Gasteiger partial charge on any atom is -0.481 e. The third-order valence-corrected chi connectivity index (χ3v) is 10.1. The van der Waals surface area contributed by atoms with E-state index >= 15 is 0 Å². The number of thioether (sulfide) groups is 1. The minimum atomic E-state index is -5.52. The van der Waals surface area contributed by atoms with Gasteiger partial charge in [0.15, 0.2) is 17.7 Å². The number of aromatic nitrogens is 4. The lowest BCUT2D eigenvalue weighted by Crippen LogP contribution is -2.46. The van der Waals surface area contributed by atoms with Crippen molar-refractivity contribution in [1.82, 2.24) is 30.2 Å². The number of hydrogen-bond acceptors (Lipinski definition) is 23. The SMILES string of the molecule is C/C(=C\C(=O)SCCNC(=O)CCNC(=O)C(O)C(C)(C)COP(=O)(O)OOOP(=O)(O)OOOCC1OC(n2cnc3c(N)ncnc32)C(O)C1OP(=O)(O)O)CC(=O)O. The maximum absolute atomic E-state index is 12.5. The number of rotatable bonds is 26. The predicted molar refractivity (Wildman–Crippen MR) is 197 cm³/mol. The first-order valence-electron chi connectivity index (χ1n) is 16.9. The number of phosphoric acid groups is 3. The zero-order chi connectivity index (χ0) is 45.8. The molecule has 1 aliphatic rings. The number of anilines is 1. The first-order chi connectivity index (χ1) is 28.3. The van der Waals surface area contributed by atoms with Gasteiger partial charge in [0, 0.05) is 30.7 Å². The maximum atomic E-state index is 12.5. The third-order valence-electron chi connectivity index (χ3n) is 7.59. The summed E-state index contributed by atoms with van der Waals surface area (Å²) in [5.74, 6) is -2.45. The molecule has 7 unspecified atom stereocenters. The largest absolute Gasteiger partial charge is 0.531 e. The number of nitrogens with two attached hydrogens (primary N) is 1. The maximum Gasteiger partial charge on any atom is 0.531 e. The Balaban J connectivity index is 1.37. The molecule has 0 bridgehead atoms. The number of aliphatic hydroxyl groups is 2. The molecule has 2 aromatic rings. The second-order valence-corrected chi connectivity index (χ2v) is 17.9. The molecular weight excluding hydrogens is 915 g/mol. The van der Waals surface area contributed by atoms with Crippen LogP contribution in [-0.4, -0.2) is 134 Å². The van der Waals surface area contributed by atoms with Crippen LogP contribution in [0, 0.1) is 5.41 Å². The summed E-state index contributed by atoms with van der Waals surface area (Å²) in [6.45, 7) is 1.99. The van der Waals surface area contributed by atoms with E-state index in [1.54, 1.807) is 0 Å². The van der Waals surface area contributed by atoms with Gasteiger partial charge in [0.1, 0.15) is 42.9 Å². The normalized spacial score (nSPS) is 21.1. The van der Waals surface area contributed by atoms with E-state index in [0.717, 1.165) is 29.0 Å². The van der Waals surface area contributed by atoms with Gasteiger partial charge in [-0.3, -0.25) is 37.7 Å². The zero-order valence-electron chi connectivity index (χ0n) is 31.8.